The minimum Gasteiger partial charge on any atom is -0.454 e. The standard InChI is InChI=1S/C13H10BrN3O3/c14-12-2-1-7(5-16-12)17-13(18)8-3-10-11(4-9(8)15)20-6-19-10/h1-5H,6,15H2,(H,17,18). The Bertz CT molecular complexity index is 673. The third kappa shape index (κ3) is 2.39. The summed E-state index contributed by atoms with van der Waals surface area (Å²) in [6.07, 6.45) is 1.55. The number of nitrogens with two attached hydrogens (primary N) is 1. The van der Waals surface area contributed by atoms with E-state index in [4.69, 9.17) is 15.2 Å². The van der Waals surface area contributed by atoms with Crippen molar-refractivity contribution in [2.75, 3.05) is 17.8 Å². The fourth-order valence-corrected chi connectivity index (χ4v) is 2.04. The molecule has 1 aromatic heterocycles. The van der Waals surface area contributed by atoms with Crippen LogP contribution in [0.5, 0.6) is 11.5 Å². The Morgan fingerprint density at radius 1 is 1.30 bits per heavy atom. The lowest BCUT2D eigenvalue weighted by molar-refractivity contribution is 0.102. The quantitative estimate of drug-likeness (QED) is 0.650. The van der Waals surface area contributed by atoms with Gasteiger partial charge in [-0.15, -0.1) is 0 Å². The van der Waals surface area contributed by atoms with Gasteiger partial charge in [-0.25, -0.2) is 4.98 Å². The Labute approximate surface area is 123 Å². The van der Waals surface area contributed by atoms with Crippen LogP contribution in [0.4, 0.5) is 11.4 Å². The van der Waals surface area contributed by atoms with Gasteiger partial charge in [0.2, 0.25) is 6.79 Å². The van der Waals surface area contributed by atoms with E-state index in [1.807, 2.05) is 0 Å². The molecule has 0 radical (unpaired) electrons. The van der Waals surface area contributed by atoms with E-state index in [1.54, 1.807) is 30.5 Å². The summed E-state index contributed by atoms with van der Waals surface area (Å²) in [6.45, 7) is 0.135. The van der Waals surface area contributed by atoms with Crippen molar-refractivity contribution in [1.82, 2.24) is 4.98 Å². The lowest BCUT2D eigenvalue weighted by Gasteiger charge is -2.08. The summed E-state index contributed by atoms with van der Waals surface area (Å²) in [7, 11) is 0. The monoisotopic (exact) mass is 335 g/mol. The fourth-order valence-electron chi connectivity index (χ4n) is 1.80. The second kappa shape index (κ2) is 5.01. The van der Waals surface area contributed by atoms with Gasteiger partial charge in [0.15, 0.2) is 11.5 Å². The van der Waals surface area contributed by atoms with E-state index in [2.05, 4.69) is 26.2 Å². The second-order valence-corrected chi connectivity index (χ2v) is 4.93. The lowest BCUT2D eigenvalue weighted by Crippen LogP contribution is -2.14. The summed E-state index contributed by atoms with van der Waals surface area (Å²) in [5.74, 6) is 0.729. The van der Waals surface area contributed by atoms with Crippen LogP contribution in [-0.2, 0) is 0 Å². The molecule has 20 heavy (non-hydrogen) atoms. The molecule has 7 heteroatoms. The smallest absolute Gasteiger partial charge is 0.257 e. The van der Waals surface area contributed by atoms with Gasteiger partial charge >= 0.3 is 0 Å². The summed E-state index contributed by atoms with van der Waals surface area (Å²) in [5, 5.41) is 2.72. The van der Waals surface area contributed by atoms with E-state index >= 15 is 0 Å². The first-order valence-electron chi connectivity index (χ1n) is 5.75. The van der Waals surface area contributed by atoms with E-state index in [0.29, 0.717) is 33.0 Å². The number of anilines is 2. The van der Waals surface area contributed by atoms with E-state index < -0.39 is 0 Å². The van der Waals surface area contributed by atoms with Gasteiger partial charge in [-0.2, -0.15) is 0 Å². The third-order valence-electron chi connectivity index (χ3n) is 2.77. The first-order chi connectivity index (χ1) is 9.63. The van der Waals surface area contributed by atoms with Crippen LogP contribution in [-0.4, -0.2) is 17.7 Å². The molecule has 2 heterocycles. The second-order valence-electron chi connectivity index (χ2n) is 4.12. The summed E-state index contributed by atoms with van der Waals surface area (Å²) in [4.78, 5) is 16.2. The number of pyridine rings is 1. The highest BCUT2D eigenvalue weighted by atomic mass is 79.9. The Morgan fingerprint density at radius 3 is 2.75 bits per heavy atom. The van der Waals surface area contributed by atoms with E-state index in [1.165, 1.54) is 0 Å². The fraction of sp³-hybridized carbons (Fsp3) is 0.0769. The molecule has 102 valence electrons. The highest BCUT2D eigenvalue weighted by Crippen LogP contribution is 2.36. The maximum absolute atomic E-state index is 12.2. The summed E-state index contributed by atoms with van der Waals surface area (Å²) in [5.41, 5.74) is 7.09. The van der Waals surface area contributed by atoms with Gasteiger partial charge in [-0.3, -0.25) is 4.79 Å². The third-order valence-corrected chi connectivity index (χ3v) is 3.24. The Morgan fingerprint density at radius 2 is 2.05 bits per heavy atom. The van der Waals surface area contributed by atoms with Gasteiger partial charge in [0.05, 0.1) is 17.4 Å². The molecule has 0 spiro atoms. The SMILES string of the molecule is Nc1cc2c(cc1C(=O)Nc1ccc(Br)nc1)OCO2. The molecule has 1 aromatic carbocycles. The number of carbonyl (C=O) groups is 1. The zero-order valence-electron chi connectivity index (χ0n) is 10.2. The van der Waals surface area contributed by atoms with Crippen molar-refractivity contribution in [3.63, 3.8) is 0 Å². The molecule has 3 N–H and O–H groups in total. The van der Waals surface area contributed by atoms with Gasteiger partial charge in [0.1, 0.15) is 4.60 Å². The number of ether oxygens (including phenoxy) is 2. The number of amides is 1. The number of benzene rings is 1. The first kappa shape index (κ1) is 12.7. The average molecular weight is 336 g/mol. The molecule has 6 nitrogen and oxygen atoms in total. The predicted molar refractivity (Wildman–Crippen MR) is 76.9 cm³/mol. The molecule has 1 aliphatic heterocycles. The molecule has 0 atom stereocenters. The zero-order chi connectivity index (χ0) is 14.1. The maximum Gasteiger partial charge on any atom is 0.257 e. The van der Waals surface area contributed by atoms with Crippen LogP contribution < -0.4 is 20.5 Å². The van der Waals surface area contributed by atoms with E-state index in [9.17, 15) is 4.79 Å². The number of nitrogens with zero attached hydrogens (tertiary/aromatic N) is 1. The molecule has 0 saturated heterocycles. The van der Waals surface area contributed by atoms with Crippen molar-refractivity contribution in [3.8, 4) is 11.5 Å². The number of aromatic nitrogens is 1. The number of nitrogen functional groups attached to an aromatic ring is 1. The molecule has 0 fully saturated rings. The molecule has 0 saturated carbocycles. The number of hydrogen-bond acceptors (Lipinski definition) is 5. The van der Waals surface area contributed by atoms with Crippen molar-refractivity contribution < 1.29 is 14.3 Å². The largest absolute Gasteiger partial charge is 0.454 e. The number of halogens is 1. The highest BCUT2D eigenvalue weighted by Gasteiger charge is 2.19. The molecule has 2 aromatic rings. The van der Waals surface area contributed by atoms with Crippen molar-refractivity contribution in [2.45, 2.75) is 0 Å². The molecule has 0 unspecified atom stereocenters. The van der Waals surface area contributed by atoms with Crippen LogP contribution in [0.1, 0.15) is 10.4 Å². The predicted octanol–water partition coefficient (Wildman–Crippen LogP) is 2.41. The molecule has 1 amide bonds. The van der Waals surface area contributed by atoms with Gasteiger partial charge in [-0.05, 0) is 34.1 Å². The summed E-state index contributed by atoms with van der Waals surface area (Å²) in [6, 6.07) is 6.62. The molecule has 1 aliphatic rings. The average Bonchev–Trinajstić information content (AvgIpc) is 2.87. The Kier molecular flexibility index (Phi) is 3.19. The van der Waals surface area contributed by atoms with Crippen LogP contribution in [0, 0.1) is 0 Å². The minimum atomic E-state index is -0.329. The van der Waals surface area contributed by atoms with Crippen LogP contribution in [0.3, 0.4) is 0 Å². The van der Waals surface area contributed by atoms with Gasteiger partial charge in [0, 0.05) is 11.8 Å². The molecular formula is C13H10BrN3O3. The van der Waals surface area contributed by atoms with Gasteiger partial charge in [0.25, 0.3) is 5.91 Å². The lowest BCUT2D eigenvalue weighted by atomic mass is 10.1. The van der Waals surface area contributed by atoms with Crippen LogP contribution in [0.15, 0.2) is 35.1 Å². The summed E-state index contributed by atoms with van der Waals surface area (Å²) >= 11 is 3.23. The topological polar surface area (TPSA) is 86.5 Å². The number of carbonyl (C=O) groups excluding carboxylic acids is 1. The number of nitrogens with one attached hydrogen (secondary N) is 1. The van der Waals surface area contributed by atoms with Gasteiger partial charge < -0.3 is 20.5 Å². The van der Waals surface area contributed by atoms with Gasteiger partial charge in [-0.1, -0.05) is 0 Å². The van der Waals surface area contributed by atoms with Crippen molar-refractivity contribution >= 4 is 33.2 Å². The molecule has 0 bridgehead atoms. The number of fused-ring (bicyclic) bond motifs is 1. The van der Waals surface area contributed by atoms with Crippen LogP contribution in [0.25, 0.3) is 0 Å². The number of rotatable bonds is 2. The highest BCUT2D eigenvalue weighted by molar-refractivity contribution is 9.10. The normalized spacial score (nSPS) is 12.2. The number of hydrogen-bond donors (Lipinski definition) is 2. The van der Waals surface area contributed by atoms with Crippen molar-refractivity contribution in [3.05, 3.63) is 40.6 Å². The molecule has 3 rings (SSSR count). The van der Waals surface area contributed by atoms with Crippen LogP contribution in [0.2, 0.25) is 0 Å². The van der Waals surface area contributed by atoms with E-state index in [-0.39, 0.29) is 12.7 Å². The first-order valence-corrected chi connectivity index (χ1v) is 6.55. The van der Waals surface area contributed by atoms with Crippen molar-refractivity contribution in [1.29, 1.82) is 0 Å². The van der Waals surface area contributed by atoms with Crippen molar-refractivity contribution in [2.24, 2.45) is 0 Å². The zero-order valence-corrected chi connectivity index (χ0v) is 11.8. The molecular weight excluding hydrogens is 326 g/mol. The Balaban J connectivity index is 1.85. The van der Waals surface area contributed by atoms with E-state index in [0.717, 1.165) is 0 Å². The summed E-state index contributed by atoms with van der Waals surface area (Å²) < 4.78 is 11.1. The minimum absolute atomic E-state index is 0.135. The maximum atomic E-state index is 12.2. The van der Waals surface area contributed by atoms with Crippen LogP contribution >= 0.6 is 15.9 Å². The molecule has 0 aliphatic carbocycles. The Hall–Kier alpha value is -2.28.